The number of nitrogens with one attached hydrogen (secondary N) is 1. The number of benzene rings is 1. The number of nitrogens with zero attached hydrogens (tertiary/aromatic N) is 2. The zero-order chi connectivity index (χ0) is 20.9. The van der Waals surface area contributed by atoms with Gasteiger partial charge in [-0.15, -0.1) is 5.92 Å². The van der Waals surface area contributed by atoms with Crippen LogP contribution in [0, 0.1) is 17.7 Å². The predicted molar refractivity (Wildman–Crippen MR) is 111 cm³/mol. The van der Waals surface area contributed by atoms with E-state index in [1.54, 1.807) is 46.8 Å². The summed E-state index contributed by atoms with van der Waals surface area (Å²) in [7, 11) is 0. The lowest BCUT2D eigenvalue weighted by molar-refractivity contribution is 0.102. The molecule has 0 saturated heterocycles. The molecule has 0 aliphatic heterocycles. The van der Waals surface area contributed by atoms with Gasteiger partial charge in [-0.3, -0.25) is 4.79 Å². The van der Waals surface area contributed by atoms with Crippen LogP contribution in [-0.2, 0) is 11.4 Å². The third-order valence-corrected chi connectivity index (χ3v) is 5.11. The lowest BCUT2D eigenvalue weighted by atomic mass is 10.1. The molecule has 1 amide bonds. The largest absolute Gasteiger partial charge is 0.591 e. The van der Waals surface area contributed by atoms with Crippen LogP contribution in [0.1, 0.15) is 56.2 Å². The highest BCUT2D eigenvalue weighted by Gasteiger charge is 2.27. The number of hydrogen-bond acceptors (Lipinski definition) is 4. The third-order valence-electron chi connectivity index (χ3n) is 3.62. The van der Waals surface area contributed by atoms with Crippen LogP contribution in [0.25, 0.3) is 0 Å². The Hall–Kier alpha value is -2.69. The number of rotatable bonds is 4. The molecule has 0 saturated carbocycles. The van der Waals surface area contributed by atoms with Crippen molar-refractivity contribution in [1.29, 1.82) is 0 Å². The number of aromatic nitrogens is 1. The van der Waals surface area contributed by atoms with Crippen LogP contribution >= 0.6 is 0 Å². The summed E-state index contributed by atoms with van der Waals surface area (Å²) >= 11 is -1.51. The van der Waals surface area contributed by atoms with Gasteiger partial charge in [-0.1, -0.05) is 10.3 Å². The Morgan fingerprint density at radius 3 is 2.57 bits per heavy atom. The summed E-state index contributed by atoms with van der Waals surface area (Å²) in [5.41, 5.74) is 1.78. The minimum atomic E-state index is -1.51. The monoisotopic (exact) mass is 399 g/mol. The summed E-state index contributed by atoms with van der Waals surface area (Å²) in [4.78, 5) is 16.5. The molecule has 2 rings (SSSR count). The smallest absolute Gasteiger partial charge is 0.274 e. The summed E-state index contributed by atoms with van der Waals surface area (Å²) in [5.74, 6) is 4.67. The van der Waals surface area contributed by atoms with Crippen LogP contribution in [0.4, 0.5) is 10.1 Å². The maximum atomic E-state index is 14.2. The van der Waals surface area contributed by atoms with Crippen molar-refractivity contribution in [3.05, 3.63) is 59.2 Å². The van der Waals surface area contributed by atoms with E-state index in [0.717, 1.165) is 0 Å². The van der Waals surface area contributed by atoms with Crippen LogP contribution in [0.5, 0.6) is 0 Å². The van der Waals surface area contributed by atoms with Crippen molar-refractivity contribution in [2.75, 3.05) is 5.32 Å². The van der Waals surface area contributed by atoms with E-state index in [2.05, 4.69) is 26.5 Å². The average molecular weight is 399 g/mol. The fraction of sp³-hybridized carbons (Fsp3) is 0.286. The van der Waals surface area contributed by atoms with Gasteiger partial charge >= 0.3 is 0 Å². The Morgan fingerprint density at radius 1 is 1.29 bits per heavy atom. The molecule has 5 nitrogen and oxygen atoms in total. The lowest BCUT2D eigenvalue weighted by Gasteiger charge is -2.19. The molecule has 1 unspecified atom stereocenters. The molecule has 0 bridgehead atoms. The minimum absolute atomic E-state index is 0.178. The van der Waals surface area contributed by atoms with Crippen molar-refractivity contribution >= 4 is 28.7 Å². The second-order valence-corrected chi connectivity index (χ2v) is 8.90. The number of anilines is 1. The highest BCUT2D eigenvalue weighted by Crippen LogP contribution is 2.21. The molecule has 0 radical (unpaired) electrons. The van der Waals surface area contributed by atoms with Gasteiger partial charge in [-0.25, -0.2) is 9.37 Å². The number of pyridine rings is 1. The molecule has 1 aromatic heterocycles. The van der Waals surface area contributed by atoms with Crippen molar-refractivity contribution in [2.24, 2.45) is 4.40 Å². The van der Waals surface area contributed by atoms with E-state index in [1.165, 1.54) is 24.4 Å². The van der Waals surface area contributed by atoms with E-state index in [4.69, 9.17) is 0 Å². The fourth-order valence-electron chi connectivity index (χ4n) is 2.13. The Bertz CT molecular complexity index is 954. The fourth-order valence-corrected chi connectivity index (χ4v) is 2.75. The maximum Gasteiger partial charge on any atom is 0.274 e. The second kappa shape index (κ2) is 9.00. The molecule has 0 aliphatic carbocycles. The van der Waals surface area contributed by atoms with Gasteiger partial charge in [0.15, 0.2) is 0 Å². The number of hydrogen-bond donors (Lipinski definition) is 1. The topological polar surface area (TPSA) is 77.4 Å². The average Bonchev–Trinajstić information content (AvgIpc) is 2.63. The molecular weight excluding hydrogens is 377 g/mol. The van der Waals surface area contributed by atoms with Crippen molar-refractivity contribution in [3.8, 4) is 11.8 Å². The molecule has 1 atom stereocenters. The molecule has 0 fully saturated rings. The summed E-state index contributed by atoms with van der Waals surface area (Å²) < 4.78 is 30.0. The Kier molecular flexibility index (Phi) is 6.95. The first-order valence-electron chi connectivity index (χ1n) is 8.59. The summed E-state index contributed by atoms with van der Waals surface area (Å²) in [6, 6.07) is 7.41. The highest BCUT2D eigenvalue weighted by atomic mass is 32.2. The van der Waals surface area contributed by atoms with E-state index >= 15 is 0 Å². The van der Waals surface area contributed by atoms with Crippen molar-refractivity contribution in [1.82, 2.24) is 4.98 Å². The van der Waals surface area contributed by atoms with Gasteiger partial charge in [-0.2, -0.15) is 0 Å². The van der Waals surface area contributed by atoms with E-state index in [-0.39, 0.29) is 11.3 Å². The predicted octanol–water partition coefficient (Wildman–Crippen LogP) is 4.12. The number of carbonyl (C=O) groups is 1. The standard InChI is InChI=1S/C21H22FN3O2S/c1-6-7-15-8-11-19(23-13-15)20(26)24-16-9-10-18(22)17(12-16)14(2)25-28(27)21(3,4)5/h8-13H,1-5H3,(H,24,26). The van der Waals surface area contributed by atoms with Gasteiger partial charge in [0.05, 0.1) is 5.71 Å². The zero-order valence-corrected chi connectivity index (χ0v) is 17.3. The van der Waals surface area contributed by atoms with Gasteiger partial charge < -0.3 is 9.87 Å². The van der Waals surface area contributed by atoms with Crippen molar-refractivity contribution in [2.45, 2.75) is 39.4 Å². The van der Waals surface area contributed by atoms with E-state index in [0.29, 0.717) is 17.0 Å². The Labute approximate surface area is 167 Å². The van der Waals surface area contributed by atoms with Crippen molar-refractivity contribution in [3.63, 3.8) is 0 Å². The highest BCUT2D eigenvalue weighted by molar-refractivity contribution is 7.91. The van der Waals surface area contributed by atoms with E-state index < -0.39 is 27.8 Å². The molecule has 1 heterocycles. The lowest BCUT2D eigenvalue weighted by Crippen LogP contribution is -2.26. The molecule has 0 spiro atoms. The van der Waals surface area contributed by atoms with Gasteiger partial charge in [0, 0.05) is 23.0 Å². The third kappa shape index (κ3) is 5.65. The van der Waals surface area contributed by atoms with E-state index in [1.807, 2.05) is 0 Å². The van der Waals surface area contributed by atoms with Gasteiger partial charge in [0.1, 0.15) is 27.6 Å². The number of amides is 1. The van der Waals surface area contributed by atoms with E-state index in [9.17, 15) is 13.7 Å². The van der Waals surface area contributed by atoms with Crippen molar-refractivity contribution < 1.29 is 13.7 Å². The maximum absolute atomic E-state index is 14.2. The first-order valence-corrected chi connectivity index (χ1v) is 9.70. The first-order chi connectivity index (χ1) is 13.1. The zero-order valence-electron chi connectivity index (χ0n) is 16.5. The van der Waals surface area contributed by atoms with Crippen LogP contribution in [0.3, 0.4) is 0 Å². The van der Waals surface area contributed by atoms with Gasteiger partial charge in [0.25, 0.3) is 5.91 Å². The van der Waals surface area contributed by atoms with Gasteiger partial charge in [0.2, 0.25) is 0 Å². The summed E-state index contributed by atoms with van der Waals surface area (Å²) in [5, 5.41) is 2.68. The molecule has 146 valence electrons. The van der Waals surface area contributed by atoms with Crippen LogP contribution in [0.2, 0.25) is 0 Å². The number of carbonyl (C=O) groups excluding carboxylic acids is 1. The number of halogens is 1. The molecule has 0 aliphatic rings. The minimum Gasteiger partial charge on any atom is -0.591 e. The molecule has 1 N–H and O–H groups in total. The molecule has 2 aromatic rings. The molecule has 28 heavy (non-hydrogen) atoms. The second-order valence-electron chi connectivity index (χ2n) is 6.99. The van der Waals surface area contributed by atoms with Crippen LogP contribution < -0.4 is 5.32 Å². The summed E-state index contributed by atoms with van der Waals surface area (Å²) in [6.45, 7) is 8.67. The van der Waals surface area contributed by atoms with Crippen LogP contribution in [0.15, 0.2) is 40.9 Å². The summed E-state index contributed by atoms with van der Waals surface area (Å²) in [6.07, 6.45) is 1.51. The Morgan fingerprint density at radius 2 is 2.00 bits per heavy atom. The quantitative estimate of drug-likeness (QED) is 0.477. The Balaban J connectivity index is 2.23. The molecular formula is C21H22FN3O2S. The normalized spacial score (nSPS) is 12.8. The van der Waals surface area contributed by atoms with Crippen LogP contribution in [-0.4, -0.2) is 25.9 Å². The SMILES string of the molecule is CC#Cc1ccc(C(=O)Nc2ccc(F)c(C(C)=N[S+]([O-])C(C)(C)C)c2)nc1. The van der Waals surface area contributed by atoms with Gasteiger partial charge in [-0.05, 0) is 65.0 Å². The first kappa shape index (κ1) is 21.6. The molecule has 7 heteroatoms. The molecule has 1 aromatic carbocycles.